The number of carbonyl (C=O) groups is 1. The van der Waals surface area contributed by atoms with Gasteiger partial charge >= 0.3 is 5.97 Å². The number of rotatable bonds is 0. The van der Waals surface area contributed by atoms with Crippen molar-refractivity contribution in [3.8, 4) is 0 Å². The van der Waals surface area contributed by atoms with Crippen LogP contribution in [0, 0.1) is 6.92 Å². The van der Waals surface area contributed by atoms with Gasteiger partial charge in [0.2, 0.25) is 0 Å². The number of nitrogens with zero attached hydrogens (tertiary/aromatic N) is 2. The molecule has 0 N–H and O–H groups in total. The summed E-state index contributed by atoms with van der Waals surface area (Å²) in [6, 6.07) is 7.97. The van der Waals surface area contributed by atoms with Crippen LogP contribution in [0.4, 0.5) is 0 Å². The summed E-state index contributed by atoms with van der Waals surface area (Å²) in [6.45, 7) is 3.26. The fourth-order valence-electron chi connectivity index (χ4n) is 1.06. The molecule has 0 aliphatic heterocycles. The summed E-state index contributed by atoms with van der Waals surface area (Å²) in [7, 11) is 1.35. The van der Waals surface area contributed by atoms with E-state index in [1.807, 2.05) is 37.4 Å². The first-order valence-electron chi connectivity index (χ1n) is 4.86. The lowest BCUT2D eigenvalue weighted by atomic mass is 10.2. The van der Waals surface area contributed by atoms with Gasteiger partial charge in [0.15, 0.2) is 0 Å². The molecule has 1 aromatic carbocycles. The highest BCUT2D eigenvalue weighted by Crippen LogP contribution is 2.08. The first kappa shape index (κ1) is 12.1. The van der Waals surface area contributed by atoms with Crippen LogP contribution in [0.2, 0.25) is 0 Å². The quantitative estimate of drug-likeness (QED) is 0.635. The van der Waals surface area contributed by atoms with Gasteiger partial charge in [-0.2, -0.15) is 0 Å². The molecule has 0 saturated carbocycles. The predicted molar refractivity (Wildman–Crippen MR) is 62.0 cm³/mol. The minimum Gasteiger partial charge on any atom is -0.469 e. The van der Waals surface area contributed by atoms with E-state index in [0.717, 1.165) is 16.7 Å². The van der Waals surface area contributed by atoms with Crippen LogP contribution >= 0.6 is 0 Å². The van der Waals surface area contributed by atoms with E-state index in [0.29, 0.717) is 0 Å². The zero-order chi connectivity index (χ0) is 12.0. The number of aryl methyl sites for hydroxylation is 1. The monoisotopic (exact) mass is 218 g/mol. The molecule has 84 valence electrons. The third-order valence-electron chi connectivity index (χ3n) is 1.90. The zero-order valence-electron chi connectivity index (χ0n) is 9.60. The molecule has 16 heavy (non-hydrogen) atoms. The lowest BCUT2D eigenvalue weighted by Gasteiger charge is -1.95. The molecular formula is C12H14N2O2. The van der Waals surface area contributed by atoms with Crippen LogP contribution in [0.15, 0.2) is 30.5 Å². The van der Waals surface area contributed by atoms with E-state index in [4.69, 9.17) is 0 Å². The lowest BCUT2D eigenvalue weighted by Crippen LogP contribution is -1.88. The fourth-order valence-corrected chi connectivity index (χ4v) is 1.06. The average molecular weight is 218 g/mol. The molecule has 0 unspecified atom stereocenters. The van der Waals surface area contributed by atoms with Crippen molar-refractivity contribution in [2.24, 2.45) is 0 Å². The van der Waals surface area contributed by atoms with E-state index < -0.39 is 0 Å². The number of hydrogen-bond acceptors (Lipinski definition) is 4. The van der Waals surface area contributed by atoms with E-state index in [-0.39, 0.29) is 5.97 Å². The molecule has 0 saturated heterocycles. The van der Waals surface area contributed by atoms with Crippen molar-refractivity contribution < 1.29 is 9.53 Å². The van der Waals surface area contributed by atoms with Crippen LogP contribution in [0.5, 0.6) is 0 Å². The van der Waals surface area contributed by atoms with Crippen LogP contribution in [-0.2, 0) is 9.53 Å². The smallest absolute Gasteiger partial charge is 0.302 e. The molecule has 4 nitrogen and oxygen atoms in total. The van der Waals surface area contributed by atoms with Crippen molar-refractivity contribution in [2.75, 3.05) is 7.11 Å². The normalized spacial score (nSPS) is 9.19. The molecule has 0 radical (unpaired) electrons. The third kappa shape index (κ3) is 3.65. The molecule has 0 bridgehead atoms. The maximum atomic E-state index is 9.59. The number of para-hydroxylation sites is 1. The number of fused-ring (bicyclic) bond motifs is 1. The SMILES string of the molecule is COC(C)=O.Cc1ncc2ccccc2n1. The van der Waals surface area contributed by atoms with Crippen molar-refractivity contribution >= 4 is 16.9 Å². The highest BCUT2D eigenvalue weighted by Gasteiger charge is 1.92. The number of ether oxygens (including phenoxy) is 1. The van der Waals surface area contributed by atoms with Gasteiger partial charge in [0.25, 0.3) is 0 Å². The van der Waals surface area contributed by atoms with Crippen LogP contribution in [0.25, 0.3) is 10.9 Å². The van der Waals surface area contributed by atoms with Gasteiger partial charge in [0.1, 0.15) is 5.82 Å². The molecule has 2 aromatic rings. The molecule has 0 amide bonds. The Kier molecular flexibility index (Phi) is 4.39. The van der Waals surface area contributed by atoms with Gasteiger partial charge in [0, 0.05) is 18.5 Å². The van der Waals surface area contributed by atoms with Gasteiger partial charge in [-0.15, -0.1) is 0 Å². The van der Waals surface area contributed by atoms with E-state index >= 15 is 0 Å². The zero-order valence-corrected chi connectivity index (χ0v) is 9.60. The summed E-state index contributed by atoms with van der Waals surface area (Å²) < 4.78 is 4.11. The summed E-state index contributed by atoms with van der Waals surface area (Å²) in [5, 5.41) is 1.10. The summed E-state index contributed by atoms with van der Waals surface area (Å²) in [5.74, 6) is 0.578. The molecule has 2 rings (SSSR count). The molecule has 1 aromatic heterocycles. The summed E-state index contributed by atoms with van der Waals surface area (Å²) in [6.07, 6.45) is 1.84. The second-order valence-corrected chi connectivity index (χ2v) is 3.17. The Balaban J connectivity index is 0.000000221. The summed E-state index contributed by atoms with van der Waals surface area (Å²) >= 11 is 0. The maximum Gasteiger partial charge on any atom is 0.302 e. The van der Waals surface area contributed by atoms with Crippen LogP contribution in [0.3, 0.4) is 0 Å². The largest absolute Gasteiger partial charge is 0.469 e. The molecule has 0 spiro atoms. The molecule has 0 aliphatic carbocycles. The van der Waals surface area contributed by atoms with E-state index in [9.17, 15) is 4.79 Å². The minimum atomic E-state index is -0.245. The first-order valence-corrected chi connectivity index (χ1v) is 4.86. The Morgan fingerprint density at radius 1 is 1.31 bits per heavy atom. The van der Waals surface area contributed by atoms with Crippen molar-refractivity contribution in [2.45, 2.75) is 13.8 Å². The molecule has 0 aliphatic rings. The highest BCUT2D eigenvalue weighted by atomic mass is 16.5. The third-order valence-corrected chi connectivity index (χ3v) is 1.90. The van der Waals surface area contributed by atoms with Crippen LogP contribution in [-0.4, -0.2) is 23.0 Å². The molecule has 0 atom stereocenters. The van der Waals surface area contributed by atoms with Crippen molar-refractivity contribution in [3.63, 3.8) is 0 Å². The van der Waals surface area contributed by atoms with Crippen LogP contribution < -0.4 is 0 Å². The van der Waals surface area contributed by atoms with Crippen molar-refractivity contribution in [3.05, 3.63) is 36.3 Å². The Bertz CT molecular complexity index is 483. The number of aromatic nitrogens is 2. The molecule has 1 heterocycles. The lowest BCUT2D eigenvalue weighted by molar-refractivity contribution is -0.137. The van der Waals surface area contributed by atoms with E-state index in [1.54, 1.807) is 0 Å². The van der Waals surface area contributed by atoms with Gasteiger partial charge in [-0.3, -0.25) is 4.79 Å². The number of methoxy groups -OCH3 is 1. The van der Waals surface area contributed by atoms with Crippen molar-refractivity contribution in [1.29, 1.82) is 0 Å². The fraction of sp³-hybridized carbons (Fsp3) is 0.250. The van der Waals surface area contributed by atoms with Gasteiger partial charge in [0.05, 0.1) is 12.6 Å². The molecule has 0 fully saturated rings. The Morgan fingerprint density at radius 3 is 2.56 bits per heavy atom. The van der Waals surface area contributed by atoms with Gasteiger partial charge in [-0.1, -0.05) is 18.2 Å². The highest BCUT2D eigenvalue weighted by molar-refractivity contribution is 5.77. The molecular weight excluding hydrogens is 204 g/mol. The van der Waals surface area contributed by atoms with Gasteiger partial charge in [-0.25, -0.2) is 9.97 Å². The average Bonchev–Trinajstić information content (AvgIpc) is 2.29. The molecule has 4 heteroatoms. The topological polar surface area (TPSA) is 52.1 Å². The Hall–Kier alpha value is -1.97. The Morgan fingerprint density at radius 2 is 1.94 bits per heavy atom. The number of benzene rings is 1. The number of esters is 1. The van der Waals surface area contributed by atoms with E-state index in [2.05, 4.69) is 14.7 Å². The standard InChI is InChI=1S/C9H8N2.C3H6O2/c1-7-10-6-8-4-2-3-5-9(8)11-7;1-3(4)5-2/h2-6H,1H3;1-2H3. The number of hydrogen-bond donors (Lipinski definition) is 0. The first-order chi connectivity index (χ1) is 7.63. The predicted octanol–water partition coefficient (Wildman–Crippen LogP) is 2.12. The second-order valence-electron chi connectivity index (χ2n) is 3.17. The van der Waals surface area contributed by atoms with Gasteiger partial charge in [-0.05, 0) is 13.0 Å². The van der Waals surface area contributed by atoms with Crippen molar-refractivity contribution in [1.82, 2.24) is 9.97 Å². The van der Waals surface area contributed by atoms with Crippen LogP contribution in [0.1, 0.15) is 12.7 Å². The van der Waals surface area contributed by atoms with E-state index in [1.165, 1.54) is 14.0 Å². The summed E-state index contributed by atoms with van der Waals surface area (Å²) in [4.78, 5) is 18.0. The minimum absolute atomic E-state index is 0.245. The number of carbonyl (C=O) groups excluding carboxylic acids is 1. The summed E-state index contributed by atoms with van der Waals surface area (Å²) in [5.41, 5.74) is 1.01. The second kappa shape index (κ2) is 5.80. The Labute approximate surface area is 94.3 Å². The van der Waals surface area contributed by atoms with Gasteiger partial charge < -0.3 is 4.74 Å². The maximum absolute atomic E-state index is 9.59.